The highest BCUT2D eigenvalue weighted by molar-refractivity contribution is 8.21. The fourth-order valence-electron chi connectivity index (χ4n) is 1.39. The quantitative estimate of drug-likeness (QED) is 0.473. The average molecular weight is 288 g/mol. The summed E-state index contributed by atoms with van der Waals surface area (Å²) in [6.07, 6.45) is 3.89. The Labute approximate surface area is 115 Å². The molecule has 1 unspecified atom stereocenters. The Hall–Kier alpha value is -0.690. The molecule has 0 radical (unpaired) electrons. The molecule has 0 aliphatic heterocycles. The van der Waals surface area contributed by atoms with Crippen LogP contribution in [0.15, 0.2) is 32.6 Å². The molecule has 0 spiro atoms. The van der Waals surface area contributed by atoms with Gasteiger partial charge >= 0.3 is 0 Å². The summed E-state index contributed by atoms with van der Waals surface area (Å²) in [6.45, 7) is 2.09. The van der Waals surface area contributed by atoms with E-state index in [4.69, 9.17) is 9.15 Å². The molecule has 0 saturated heterocycles. The number of carbonyl (C=O) groups excluding carboxylic acids is 1. The van der Waals surface area contributed by atoms with Crippen LogP contribution in [-0.2, 0) is 4.74 Å². The van der Waals surface area contributed by atoms with Crippen LogP contribution in [-0.4, -0.2) is 36.3 Å². The SMILES string of the molecule is CCOC(O)C(C(=O)c1ccco1)=C(SC)SC. The first-order chi connectivity index (χ1) is 8.65. The summed E-state index contributed by atoms with van der Waals surface area (Å²) < 4.78 is 10.9. The minimum atomic E-state index is -1.23. The van der Waals surface area contributed by atoms with E-state index in [1.807, 2.05) is 12.5 Å². The minimum absolute atomic E-state index is 0.198. The highest BCUT2D eigenvalue weighted by Gasteiger charge is 2.26. The third kappa shape index (κ3) is 3.65. The molecule has 1 aromatic rings. The maximum atomic E-state index is 12.3. The average Bonchev–Trinajstić information content (AvgIpc) is 2.89. The Morgan fingerprint density at radius 3 is 2.61 bits per heavy atom. The van der Waals surface area contributed by atoms with E-state index in [2.05, 4.69) is 0 Å². The molecule has 4 nitrogen and oxygen atoms in total. The van der Waals surface area contributed by atoms with Crippen LogP contribution in [0.4, 0.5) is 0 Å². The van der Waals surface area contributed by atoms with Crippen LogP contribution < -0.4 is 0 Å². The molecule has 1 rings (SSSR count). The topological polar surface area (TPSA) is 59.7 Å². The molecule has 0 aliphatic rings. The molecule has 0 aliphatic carbocycles. The van der Waals surface area contributed by atoms with Crippen LogP contribution >= 0.6 is 23.5 Å². The molecule has 1 heterocycles. The molecule has 0 bridgehead atoms. The Bertz CT molecular complexity index is 406. The van der Waals surface area contributed by atoms with Gasteiger partial charge in [0.15, 0.2) is 12.1 Å². The van der Waals surface area contributed by atoms with Gasteiger partial charge in [0.05, 0.1) is 16.1 Å². The van der Waals surface area contributed by atoms with Crippen molar-refractivity contribution in [1.29, 1.82) is 0 Å². The Morgan fingerprint density at radius 1 is 1.50 bits per heavy atom. The van der Waals surface area contributed by atoms with Gasteiger partial charge < -0.3 is 14.3 Å². The van der Waals surface area contributed by atoms with Gasteiger partial charge in [0, 0.05) is 6.61 Å². The first kappa shape index (κ1) is 15.4. The molecular formula is C12H16O4S2. The zero-order chi connectivity index (χ0) is 13.5. The number of carbonyl (C=O) groups is 1. The number of hydrogen-bond donors (Lipinski definition) is 1. The lowest BCUT2D eigenvalue weighted by molar-refractivity contribution is -0.0655. The number of ketones is 1. The number of ether oxygens (including phenoxy) is 1. The van der Waals surface area contributed by atoms with Crippen molar-refractivity contribution in [2.75, 3.05) is 19.1 Å². The van der Waals surface area contributed by atoms with E-state index in [9.17, 15) is 9.90 Å². The van der Waals surface area contributed by atoms with Gasteiger partial charge in [-0.1, -0.05) is 0 Å². The molecule has 1 N–H and O–H groups in total. The van der Waals surface area contributed by atoms with Crippen molar-refractivity contribution in [1.82, 2.24) is 0 Å². The monoisotopic (exact) mass is 288 g/mol. The van der Waals surface area contributed by atoms with Crippen LogP contribution in [0.5, 0.6) is 0 Å². The van der Waals surface area contributed by atoms with Crippen molar-refractivity contribution < 1.29 is 19.1 Å². The Balaban J connectivity index is 3.12. The summed E-state index contributed by atoms with van der Waals surface area (Å²) in [5, 5.41) is 9.94. The highest BCUT2D eigenvalue weighted by Crippen LogP contribution is 2.31. The van der Waals surface area contributed by atoms with Gasteiger partial charge in [0.2, 0.25) is 5.78 Å². The number of furan rings is 1. The molecule has 6 heteroatoms. The van der Waals surface area contributed by atoms with Gasteiger partial charge in [-0.3, -0.25) is 4.79 Å². The lowest BCUT2D eigenvalue weighted by Gasteiger charge is -2.16. The molecule has 1 atom stereocenters. The van der Waals surface area contributed by atoms with Gasteiger partial charge in [0.1, 0.15) is 0 Å². The molecule has 100 valence electrons. The third-order valence-corrected chi connectivity index (χ3v) is 4.33. The van der Waals surface area contributed by atoms with Crippen molar-refractivity contribution in [3.05, 3.63) is 34.0 Å². The number of Topliss-reactive ketones (excluding diaryl/α,β-unsaturated/α-hetero) is 1. The van der Waals surface area contributed by atoms with Gasteiger partial charge in [-0.05, 0) is 31.6 Å². The molecule has 0 amide bonds. The van der Waals surface area contributed by atoms with Gasteiger partial charge in [-0.2, -0.15) is 0 Å². The fourth-order valence-corrected chi connectivity index (χ4v) is 2.88. The molecule has 0 fully saturated rings. The predicted octanol–water partition coefficient (Wildman–Crippen LogP) is 2.75. The highest BCUT2D eigenvalue weighted by atomic mass is 32.2. The lowest BCUT2D eigenvalue weighted by Crippen LogP contribution is -2.22. The number of hydrogen-bond acceptors (Lipinski definition) is 6. The lowest BCUT2D eigenvalue weighted by atomic mass is 10.1. The van der Waals surface area contributed by atoms with Crippen molar-refractivity contribution in [2.24, 2.45) is 0 Å². The summed E-state index contributed by atoms with van der Waals surface area (Å²) >= 11 is 2.80. The Kier molecular flexibility index (Phi) is 6.56. The molecule has 0 aromatic carbocycles. The van der Waals surface area contributed by atoms with E-state index in [-0.39, 0.29) is 17.1 Å². The van der Waals surface area contributed by atoms with Crippen LogP contribution in [0.2, 0.25) is 0 Å². The number of aliphatic hydroxyl groups excluding tert-OH is 1. The van der Waals surface area contributed by atoms with Gasteiger partial charge in [-0.15, -0.1) is 23.5 Å². The number of aliphatic hydroxyl groups is 1. The second-order valence-corrected chi connectivity index (χ2v) is 5.11. The zero-order valence-electron chi connectivity index (χ0n) is 10.5. The summed E-state index contributed by atoms with van der Waals surface area (Å²) in [5.41, 5.74) is 0.229. The fraction of sp³-hybridized carbons (Fsp3) is 0.417. The molecule has 0 saturated carbocycles. The van der Waals surface area contributed by atoms with Crippen molar-refractivity contribution >= 4 is 29.3 Å². The molecular weight excluding hydrogens is 272 g/mol. The molecule has 1 aromatic heterocycles. The second-order valence-electron chi connectivity index (χ2n) is 3.22. The zero-order valence-corrected chi connectivity index (χ0v) is 12.1. The second kappa shape index (κ2) is 7.68. The number of rotatable bonds is 7. The normalized spacial score (nSPS) is 12.2. The van der Waals surface area contributed by atoms with Crippen molar-refractivity contribution in [3.8, 4) is 0 Å². The first-order valence-electron chi connectivity index (χ1n) is 5.35. The van der Waals surface area contributed by atoms with E-state index >= 15 is 0 Å². The predicted molar refractivity (Wildman–Crippen MR) is 74.7 cm³/mol. The van der Waals surface area contributed by atoms with Gasteiger partial charge in [0.25, 0.3) is 0 Å². The van der Waals surface area contributed by atoms with Crippen molar-refractivity contribution in [3.63, 3.8) is 0 Å². The third-order valence-electron chi connectivity index (χ3n) is 2.15. The van der Waals surface area contributed by atoms with Crippen LogP contribution in [0.25, 0.3) is 0 Å². The van der Waals surface area contributed by atoms with E-state index in [0.717, 1.165) is 4.24 Å². The maximum Gasteiger partial charge on any atom is 0.230 e. The summed E-state index contributed by atoms with van der Waals surface area (Å²) in [6, 6.07) is 3.20. The van der Waals surface area contributed by atoms with E-state index in [1.54, 1.807) is 19.1 Å². The van der Waals surface area contributed by atoms with E-state index in [1.165, 1.54) is 29.8 Å². The van der Waals surface area contributed by atoms with E-state index < -0.39 is 6.29 Å². The van der Waals surface area contributed by atoms with Crippen LogP contribution in [0.3, 0.4) is 0 Å². The summed E-state index contributed by atoms with van der Waals surface area (Å²) in [5.74, 6) is -0.149. The maximum absolute atomic E-state index is 12.3. The summed E-state index contributed by atoms with van der Waals surface area (Å²) in [7, 11) is 0. The standard InChI is InChI=1S/C12H16O4S2/c1-4-15-11(14)9(12(17-2)18-3)10(13)8-6-5-7-16-8/h5-7,11,14H,4H2,1-3H3. The van der Waals surface area contributed by atoms with Crippen LogP contribution in [0, 0.1) is 0 Å². The van der Waals surface area contributed by atoms with Crippen LogP contribution in [0.1, 0.15) is 17.5 Å². The largest absolute Gasteiger partial charge is 0.461 e. The van der Waals surface area contributed by atoms with Crippen molar-refractivity contribution in [2.45, 2.75) is 13.2 Å². The van der Waals surface area contributed by atoms with Gasteiger partial charge in [-0.25, -0.2) is 0 Å². The number of thioether (sulfide) groups is 2. The Morgan fingerprint density at radius 2 is 2.17 bits per heavy atom. The summed E-state index contributed by atoms with van der Waals surface area (Å²) in [4.78, 5) is 12.3. The smallest absolute Gasteiger partial charge is 0.230 e. The minimum Gasteiger partial charge on any atom is -0.461 e. The first-order valence-corrected chi connectivity index (χ1v) is 7.80. The van der Waals surface area contributed by atoms with E-state index in [0.29, 0.717) is 6.61 Å². The molecule has 18 heavy (non-hydrogen) atoms.